The largest absolute Gasteiger partial charge is 0.376 e. The second kappa shape index (κ2) is 6.37. The lowest BCUT2D eigenvalue weighted by molar-refractivity contribution is 0.179. The Balaban J connectivity index is 2.71. The molecule has 46 valence electrons. The minimum Gasteiger partial charge on any atom is -0.376 e. The Kier molecular flexibility index (Phi) is 5.87. The fourth-order valence-corrected chi connectivity index (χ4v) is 0.309. The van der Waals surface area contributed by atoms with E-state index in [1.807, 2.05) is 0 Å². The average molecular weight is 113 g/mol. The van der Waals surface area contributed by atoms with E-state index in [4.69, 9.17) is 10.1 Å². The summed E-state index contributed by atoms with van der Waals surface area (Å²) in [7, 11) is 0. The fraction of sp³-hybridized carbons (Fsp3) is 0.500. The molecular formula is C6H11NO. The van der Waals surface area contributed by atoms with Gasteiger partial charge in [-0.3, -0.25) is 0 Å². The quantitative estimate of drug-likeness (QED) is 0.324. The molecule has 0 unspecified atom stereocenters. The standard InChI is InChI=1S/C6H11NO/c1-2-3-5-8-6-4-7/h2,4,7H,1,3,5-6H2. The molecule has 0 fully saturated rings. The van der Waals surface area contributed by atoms with Crippen LogP contribution in [0.3, 0.4) is 0 Å². The zero-order valence-corrected chi connectivity index (χ0v) is 4.89. The summed E-state index contributed by atoms with van der Waals surface area (Å²) < 4.78 is 4.91. The van der Waals surface area contributed by atoms with Crippen molar-refractivity contribution in [1.29, 1.82) is 5.41 Å². The van der Waals surface area contributed by atoms with Gasteiger partial charge in [-0.15, -0.1) is 6.58 Å². The molecule has 0 heterocycles. The molecule has 0 aromatic heterocycles. The van der Waals surface area contributed by atoms with E-state index in [2.05, 4.69) is 6.58 Å². The SMILES string of the molecule is C=CCCOCC=N. The van der Waals surface area contributed by atoms with Gasteiger partial charge in [0.25, 0.3) is 0 Å². The summed E-state index contributed by atoms with van der Waals surface area (Å²) in [5, 5.41) is 6.56. The lowest BCUT2D eigenvalue weighted by Crippen LogP contribution is -1.94. The van der Waals surface area contributed by atoms with Crippen LogP contribution in [0.15, 0.2) is 12.7 Å². The van der Waals surface area contributed by atoms with Gasteiger partial charge >= 0.3 is 0 Å². The molecule has 0 aliphatic carbocycles. The van der Waals surface area contributed by atoms with E-state index in [1.165, 1.54) is 6.21 Å². The van der Waals surface area contributed by atoms with Gasteiger partial charge in [0.2, 0.25) is 0 Å². The molecule has 0 saturated heterocycles. The molecule has 0 aliphatic rings. The Morgan fingerprint density at radius 2 is 2.38 bits per heavy atom. The maximum absolute atomic E-state index is 6.56. The molecule has 0 aromatic rings. The second-order valence-corrected chi connectivity index (χ2v) is 1.36. The first kappa shape index (κ1) is 7.37. The van der Waals surface area contributed by atoms with Crippen molar-refractivity contribution in [2.75, 3.05) is 13.2 Å². The van der Waals surface area contributed by atoms with E-state index >= 15 is 0 Å². The minimum absolute atomic E-state index is 0.424. The summed E-state index contributed by atoms with van der Waals surface area (Å²) >= 11 is 0. The van der Waals surface area contributed by atoms with Crippen molar-refractivity contribution in [2.45, 2.75) is 6.42 Å². The van der Waals surface area contributed by atoms with Crippen molar-refractivity contribution in [3.05, 3.63) is 12.7 Å². The van der Waals surface area contributed by atoms with Crippen molar-refractivity contribution in [3.63, 3.8) is 0 Å². The van der Waals surface area contributed by atoms with E-state index in [9.17, 15) is 0 Å². The fourth-order valence-electron chi connectivity index (χ4n) is 0.309. The third-order valence-electron chi connectivity index (χ3n) is 0.667. The van der Waals surface area contributed by atoms with Crippen molar-refractivity contribution in [2.24, 2.45) is 0 Å². The molecule has 0 bridgehead atoms. The summed E-state index contributed by atoms with van der Waals surface area (Å²) in [6, 6.07) is 0. The molecule has 0 radical (unpaired) electrons. The highest BCUT2D eigenvalue weighted by atomic mass is 16.5. The molecule has 0 spiro atoms. The van der Waals surface area contributed by atoms with Gasteiger partial charge in [0, 0.05) is 6.21 Å². The first-order chi connectivity index (χ1) is 3.91. The zero-order chi connectivity index (χ0) is 6.24. The summed E-state index contributed by atoms with van der Waals surface area (Å²) in [5.74, 6) is 0. The van der Waals surface area contributed by atoms with Crippen LogP contribution in [-0.2, 0) is 4.74 Å². The maximum Gasteiger partial charge on any atom is 0.0811 e. The lowest BCUT2D eigenvalue weighted by atomic mass is 10.5. The van der Waals surface area contributed by atoms with E-state index < -0.39 is 0 Å². The molecule has 8 heavy (non-hydrogen) atoms. The Morgan fingerprint density at radius 3 is 2.88 bits per heavy atom. The molecule has 0 atom stereocenters. The molecule has 2 heteroatoms. The summed E-state index contributed by atoms with van der Waals surface area (Å²) in [4.78, 5) is 0. The molecular weight excluding hydrogens is 102 g/mol. The first-order valence-corrected chi connectivity index (χ1v) is 2.59. The lowest BCUT2D eigenvalue weighted by Gasteiger charge is -1.93. The zero-order valence-electron chi connectivity index (χ0n) is 4.89. The third kappa shape index (κ3) is 5.37. The highest BCUT2D eigenvalue weighted by Gasteiger charge is 1.77. The molecule has 0 aliphatic heterocycles. The smallest absolute Gasteiger partial charge is 0.0811 e. The van der Waals surface area contributed by atoms with Crippen LogP contribution in [0.4, 0.5) is 0 Å². The topological polar surface area (TPSA) is 33.1 Å². The van der Waals surface area contributed by atoms with Crippen molar-refractivity contribution < 1.29 is 4.74 Å². The van der Waals surface area contributed by atoms with Crippen LogP contribution in [0.25, 0.3) is 0 Å². The van der Waals surface area contributed by atoms with Crippen molar-refractivity contribution in [3.8, 4) is 0 Å². The van der Waals surface area contributed by atoms with Crippen molar-refractivity contribution >= 4 is 6.21 Å². The van der Waals surface area contributed by atoms with Crippen LogP contribution >= 0.6 is 0 Å². The van der Waals surface area contributed by atoms with E-state index in [-0.39, 0.29) is 0 Å². The van der Waals surface area contributed by atoms with Crippen LogP contribution in [0.5, 0.6) is 0 Å². The van der Waals surface area contributed by atoms with Crippen LogP contribution in [0.2, 0.25) is 0 Å². The number of ether oxygens (including phenoxy) is 1. The number of rotatable bonds is 5. The minimum atomic E-state index is 0.424. The molecule has 2 nitrogen and oxygen atoms in total. The molecule has 0 aromatic carbocycles. The number of nitrogens with one attached hydrogen (secondary N) is 1. The molecule has 0 rings (SSSR count). The Bertz CT molecular complexity index is 60.9. The van der Waals surface area contributed by atoms with Gasteiger partial charge in [0.15, 0.2) is 0 Å². The van der Waals surface area contributed by atoms with Gasteiger partial charge in [-0.05, 0) is 6.42 Å². The summed E-state index contributed by atoms with van der Waals surface area (Å²) in [6.07, 6.45) is 3.90. The Labute approximate surface area is 49.7 Å². The summed E-state index contributed by atoms with van der Waals surface area (Å²) in [6.45, 7) is 4.63. The van der Waals surface area contributed by atoms with Gasteiger partial charge in [0.05, 0.1) is 13.2 Å². The molecule has 0 amide bonds. The highest BCUT2D eigenvalue weighted by Crippen LogP contribution is 1.79. The predicted octanol–water partition coefficient (Wildman–Crippen LogP) is 1.23. The van der Waals surface area contributed by atoms with E-state index in [1.54, 1.807) is 6.08 Å². The molecule has 0 saturated carbocycles. The normalized spacial score (nSPS) is 8.50. The Hall–Kier alpha value is -0.630. The van der Waals surface area contributed by atoms with E-state index in [0.29, 0.717) is 13.2 Å². The van der Waals surface area contributed by atoms with Gasteiger partial charge in [-0.1, -0.05) is 6.08 Å². The van der Waals surface area contributed by atoms with Crippen LogP contribution in [0.1, 0.15) is 6.42 Å². The van der Waals surface area contributed by atoms with Gasteiger partial charge in [0.1, 0.15) is 0 Å². The van der Waals surface area contributed by atoms with Gasteiger partial charge < -0.3 is 10.1 Å². The van der Waals surface area contributed by atoms with Gasteiger partial charge in [-0.25, -0.2) is 0 Å². The van der Waals surface area contributed by atoms with Crippen molar-refractivity contribution in [1.82, 2.24) is 0 Å². The molecule has 1 N–H and O–H groups in total. The Morgan fingerprint density at radius 1 is 1.62 bits per heavy atom. The van der Waals surface area contributed by atoms with E-state index in [0.717, 1.165) is 6.42 Å². The van der Waals surface area contributed by atoms with Crippen LogP contribution in [-0.4, -0.2) is 19.4 Å². The number of hydrogen-bond donors (Lipinski definition) is 1. The van der Waals surface area contributed by atoms with Crippen LogP contribution < -0.4 is 0 Å². The second-order valence-electron chi connectivity index (χ2n) is 1.36. The average Bonchev–Trinajstić information content (AvgIpc) is 1.81. The highest BCUT2D eigenvalue weighted by molar-refractivity contribution is 5.53. The first-order valence-electron chi connectivity index (χ1n) is 2.59. The third-order valence-corrected chi connectivity index (χ3v) is 0.667. The monoisotopic (exact) mass is 113 g/mol. The predicted molar refractivity (Wildman–Crippen MR) is 34.4 cm³/mol. The van der Waals surface area contributed by atoms with Crippen LogP contribution in [0, 0.1) is 5.41 Å². The number of hydrogen-bond acceptors (Lipinski definition) is 2. The van der Waals surface area contributed by atoms with Gasteiger partial charge in [-0.2, -0.15) is 0 Å². The maximum atomic E-state index is 6.56. The summed E-state index contributed by atoms with van der Waals surface area (Å²) in [5.41, 5.74) is 0.